The number of carboxylic acid groups (broad SMARTS) is 1. The molecule has 0 aliphatic carbocycles. The summed E-state index contributed by atoms with van der Waals surface area (Å²) < 4.78 is 1.75. The molecule has 1 N–H and O–H groups in total. The fraction of sp³-hybridized carbons (Fsp3) is 0.333. The van der Waals surface area contributed by atoms with Gasteiger partial charge < -0.3 is 9.67 Å². The average molecular weight is 258 g/mol. The van der Waals surface area contributed by atoms with E-state index in [4.69, 9.17) is 0 Å². The molecule has 0 aliphatic rings. The molecule has 19 heavy (non-hydrogen) atoms. The van der Waals surface area contributed by atoms with E-state index < -0.39 is 5.97 Å². The minimum Gasteiger partial charge on any atom is -0.477 e. The quantitative estimate of drug-likeness (QED) is 0.917. The largest absolute Gasteiger partial charge is 0.477 e. The van der Waals surface area contributed by atoms with Crippen LogP contribution in [0, 0.1) is 13.8 Å². The zero-order chi connectivity index (χ0) is 14.0. The van der Waals surface area contributed by atoms with E-state index in [1.807, 2.05) is 19.1 Å². The molecule has 2 rings (SSSR count). The number of nitrogens with zero attached hydrogens (tertiary/aromatic N) is 2. The molecule has 0 fully saturated rings. The van der Waals surface area contributed by atoms with Crippen LogP contribution in [0.1, 0.15) is 40.1 Å². The Morgan fingerprint density at radius 3 is 2.32 bits per heavy atom. The van der Waals surface area contributed by atoms with Gasteiger partial charge in [0.05, 0.1) is 5.69 Å². The summed E-state index contributed by atoms with van der Waals surface area (Å²) >= 11 is 0. The summed E-state index contributed by atoms with van der Waals surface area (Å²) in [5.74, 6) is -0.197. The van der Waals surface area contributed by atoms with Gasteiger partial charge in [0.15, 0.2) is 5.69 Å². The zero-order valence-electron chi connectivity index (χ0n) is 11.5. The highest BCUT2D eigenvalue weighted by Gasteiger charge is 2.17. The van der Waals surface area contributed by atoms with E-state index in [9.17, 15) is 9.90 Å². The summed E-state index contributed by atoms with van der Waals surface area (Å²) in [5.41, 5.74) is 3.20. The van der Waals surface area contributed by atoms with Gasteiger partial charge in [-0.2, -0.15) is 0 Å². The Morgan fingerprint density at radius 1 is 1.21 bits per heavy atom. The van der Waals surface area contributed by atoms with Gasteiger partial charge in [0, 0.05) is 6.54 Å². The molecule has 0 radical (unpaired) electrons. The van der Waals surface area contributed by atoms with Crippen molar-refractivity contribution in [1.29, 1.82) is 0 Å². The molecular weight excluding hydrogens is 240 g/mol. The van der Waals surface area contributed by atoms with Gasteiger partial charge in [-0.15, -0.1) is 0 Å². The molecule has 1 heterocycles. The van der Waals surface area contributed by atoms with Crippen LogP contribution >= 0.6 is 0 Å². The number of rotatable bonds is 4. The molecule has 100 valence electrons. The summed E-state index contributed by atoms with van der Waals surface area (Å²) in [6.07, 6.45) is 1.00. The molecular formula is C15H18N2O2. The van der Waals surface area contributed by atoms with Gasteiger partial charge in [0.25, 0.3) is 0 Å². The molecule has 4 heteroatoms. The van der Waals surface area contributed by atoms with Crippen LogP contribution in [-0.4, -0.2) is 20.6 Å². The first-order valence-electron chi connectivity index (χ1n) is 6.37. The van der Waals surface area contributed by atoms with Crippen LogP contribution < -0.4 is 0 Å². The molecule has 1 aromatic heterocycles. The normalized spacial score (nSPS) is 10.7. The Bertz CT molecular complexity index is 597. The van der Waals surface area contributed by atoms with Crippen LogP contribution in [0.2, 0.25) is 0 Å². The summed E-state index contributed by atoms with van der Waals surface area (Å²) in [4.78, 5) is 15.5. The van der Waals surface area contributed by atoms with Gasteiger partial charge in [-0.05, 0) is 31.4 Å². The van der Waals surface area contributed by atoms with Crippen LogP contribution in [0.25, 0.3) is 0 Å². The monoisotopic (exact) mass is 258 g/mol. The third-order valence-corrected chi connectivity index (χ3v) is 3.31. The van der Waals surface area contributed by atoms with E-state index in [1.54, 1.807) is 11.5 Å². The van der Waals surface area contributed by atoms with Gasteiger partial charge in [0.1, 0.15) is 5.82 Å². The van der Waals surface area contributed by atoms with Crippen LogP contribution in [0.5, 0.6) is 0 Å². The van der Waals surface area contributed by atoms with Crippen LogP contribution in [-0.2, 0) is 13.0 Å². The van der Waals surface area contributed by atoms with Gasteiger partial charge in [-0.25, -0.2) is 9.78 Å². The maximum absolute atomic E-state index is 11.3. The predicted octanol–water partition coefficient (Wildman–Crippen LogP) is 2.81. The number of carbonyl (C=O) groups is 1. The van der Waals surface area contributed by atoms with E-state index in [0.29, 0.717) is 12.2 Å². The van der Waals surface area contributed by atoms with E-state index in [0.717, 1.165) is 17.8 Å². The molecule has 0 spiro atoms. The maximum Gasteiger partial charge on any atom is 0.354 e. The lowest BCUT2D eigenvalue weighted by atomic mass is 10.1. The molecule has 0 saturated carbocycles. The number of hydrogen-bond acceptors (Lipinski definition) is 2. The summed E-state index contributed by atoms with van der Waals surface area (Å²) in [6.45, 7) is 6.21. The zero-order valence-corrected chi connectivity index (χ0v) is 11.5. The molecule has 1 aromatic carbocycles. The van der Waals surface area contributed by atoms with E-state index in [2.05, 4.69) is 24.0 Å². The second kappa shape index (κ2) is 5.26. The number of benzene rings is 1. The number of aromatic nitrogens is 2. The Hall–Kier alpha value is -2.10. The molecule has 0 saturated heterocycles. The number of imidazole rings is 1. The molecule has 2 aromatic rings. The maximum atomic E-state index is 11.3. The van der Waals surface area contributed by atoms with Gasteiger partial charge >= 0.3 is 5.97 Å². The molecule has 0 amide bonds. The second-order valence-corrected chi connectivity index (χ2v) is 4.65. The van der Waals surface area contributed by atoms with Crippen molar-refractivity contribution in [1.82, 2.24) is 9.55 Å². The topological polar surface area (TPSA) is 55.1 Å². The van der Waals surface area contributed by atoms with Crippen molar-refractivity contribution in [3.8, 4) is 0 Å². The lowest BCUT2D eigenvalue weighted by Gasteiger charge is -2.09. The lowest BCUT2D eigenvalue weighted by Crippen LogP contribution is -2.11. The van der Waals surface area contributed by atoms with Gasteiger partial charge in [-0.3, -0.25) is 0 Å². The number of aryl methyl sites for hydroxylation is 3. The van der Waals surface area contributed by atoms with E-state index >= 15 is 0 Å². The first-order chi connectivity index (χ1) is 9.02. The van der Waals surface area contributed by atoms with Crippen molar-refractivity contribution in [2.24, 2.45) is 0 Å². The molecule has 0 bridgehead atoms. The van der Waals surface area contributed by atoms with Crippen molar-refractivity contribution in [3.05, 3.63) is 52.6 Å². The predicted molar refractivity (Wildman–Crippen MR) is 73.6 cm³/mol. The third kappa shape index (κ3) is 2.67. The number of carboxylic acids is 1. The van der Waals surface area contributed by atoms with E-state index in [-0.39, 0.29) is 5.69 Å². The van der Waals surface area contributed by atoms with Crippen molar-refractivity contribution in [2.75, 3.05) is 0 Å². The highest BCUT2D eigenvalue weighted by molar-refractivity contribution is 5.87. The minimum atomic E-state index is -0.928. The van der Waals surface area contributed by atoms with Crippen molar-refractivity contribution in [2.45, 2.75) is 33.7 Å². The molecule has 4 nitrogen and oxygen atoms in total. The van der Waals surface area contributed by atoms with Crippen LogP contribution in [0.3, 0.4) is 0 Å². The van der Waals surface area contributed by atoms with Gasteiger partial charge in [-0.1, -0.05) is 31.2 Å². The standard InChI is InChI=1S/C15H18N2O2/c1-4-12-5-7-13(8-6-12)9-17-11(3)16-10(2)14(17)15(18)19/h5-8H,4,9H2,1-3H3,(H,18,19). The van der Waals surface area contributed by atoms with Crippen molar-refractivity contribution >= 4 is 5.97 Å². The Morgan fingerprint density at radius 2 is 1.79 bits per heavy atom. The Balaban J connectivity index is 2.34. The third-order valence-electron chi connectivity index (χ3n) is 3.31. The average Bonchev–Trinajstić information content (AvgIpc) is 2.65. The Labute approximate surface area is 112 Å². The smallest absolute Gasteiger partial charge is 0.354 e. The summed E-state index contributed by atoms with van der Waals surface area (Å²) in [7, 11) is 0. The molecule has 0 unspecified atom stereocenters. The summed E-state index contributed by atoms with van der Waals surface area (Å²) in [5, 5.41) is 9.26. The first kappa shape index (κ1) is 13.3. The van der Waals surface area contributed by atoms with Crippen molar-refractivity contribution in [3.63, 3.8) is 0 Å². The van der Waals surface area contributed by atoms with Gasteiger partial charge in [0.2, 0.25) is 0 Å². The molecule has 0 aliphatic heterocycles. The fourth-order valence-electron chi connectivity index (χ4n) is 2.24. The van der Waals surface area contributed by atoms with E-state index in [1.165, 1.54) is 5.56 Å². The van der Waals surface area contributed by atoms with Crippen LogP contribution in [0.4, 0.5) is 0 Å². The lowest BCUT2D eigenvalue weighted by molar-refractivity contribution is 0.0684. The molecule has 0 atom stereocenters. The van der Waals surface area contributed by atoms with Crippen LogP contribution in [0.15, 0.2) is 24.3 Å². The minimum absolute atomic E-state index is 0.275. The second-order valence-electron chi connectivity index (χ2n) is 4.65. The highest BCUT2D eigenvalue weighted by Crippen LogP contribution is 2.14. The first-order valence-corrected chi connectivity index (χ1v) is 6.37. The van der Waals surface area contributed by atoms with Crippen molar-refractivity contribution < 1.29 is 9.90 Å². The highest BCUT2D eigenvalue weighted by atomic mass is 16.4. The Kier molecular flexibility index (Phi) is 3.69. The summed E-state index contributed by atoms with van der Waals surface area (Å²) in [6, 6.07) is 8.24. The SMILES string of the molecule is CCc1ccc(Cn2c(C)nc(C)c2C(=O)O)cc1. The number of aromatic carboxylic acids is 1. The fourth-order valence-corrected chi connectivity index (χ4v) is 2.24. The number of hydrogen-bond donors (Lipinski definition) is 1.